The topological polar surface area (TPSA) is 0 Å². The van der Waals surface area contributed by atoms with Crippen molar-refractivity contribution in [1.82, 2.24) is 0 Å². The molecule has 3 unspecified atom stereocenters. The van der Waals surface area contributed by atoms with Crippen molar-refractivity contribution in [3.05, 3.63) is 0 Å². The van der Waals surface area contributed by atoms with Crippen LogP contribution >= 0.6 is 0 Å². The van der Waals surface area contributed by atoms with E-state index >= 15 is 0 Å². The Bertz CT molecular complexity index is 626. The lowest BCUT2D eigenvalue weighted by molar-refractivity contribution is -0.500. The van der Waals surface area contributed by atoms with Crippen LogP contribution in [0.5, 0.6) is 0 Å². The van der Waals surface area contributed by atoms with Gasteiger partial charge in [0.15, 0.2) is 0 Å². The first-order valence-electron chi connectivity index (χ1n) is 6.44. The first-order chi connectivity index (χ1) is 11.5. The standard InChI is InChI=1S/C11H4F16/c12-1-4(13)2-3(6(16,17)9(22,23)8(4,20)21)7(18,19)11(26,27)10(24,25)5(2,14)15/h2-3H,1H2. The Morgan fingerprint density at radius 3 is 0.963 bits per heavy atom. The highest BCUT2D eigenvalue weighted by molar-refractivity contribution is 5.30. The average molecular weight is 440 g/mol. The van der Waals surface area contributed by atoms with Crippen molar-refractivity contribution < 1.29 is 70.2 Å². The third kappa shape index (κ3) is 1.85. The number of rotatable bonds is 1. The number of halogens is 16. The van der Waals surface area contributed by atoms with Crippen molar-refractivity contribution >= 4 is 0 Å². The van der Waals surface area contributed by atoms with E-state index in [1.807, 2.05) is 0 Å². The van der Waals surface area contributed by atoms with Crippen molar-refractivity contribution in [3.63, 3.8) is 0 Å². The summed E-state index contributed by atoms with van der Waals surface area (Å²) in [5.41, 5.74) is -6.46. The Labute approximate surface area is 137 Å². The fourth-order valence-electron chi connectivity index (χ4n) is 3.24. The molecule has 0 spiro atoms. The molecule has 0 amide bonds. The Morgan fingerprint density at radius 1 is 0.407 bits per heavy atom. The largest absolute Gasteiger partial charge is 0.378 e. The lowest BCUT2D eigenvalue weighted by Crippen LogP contribution is -2.86. The minimum absolute atomic E-state index is 3.86. The molecule has 160 valence electrons. The second-order valence-corrected chi connectivity index (χ2v) is 6.12. The van der Waals surface area contributed by atoms with Crippen LogP contribution in [0.1, 0.15) is 0 Å². The van der Waals surface area contributed by atoms with Crippen LogP contribution in [0.4, 0.5) is 70.2 Å². The summed E-state index contributed by atoms with van der Waals surface area (Å²) >= 11 is 0. The maximum atomic E-state index is 14.2. The fraction of sp³-hybridized carbons (Fsp3) is 1.00. The molecule has 2 saturated carbocycles. The number of fused-ring (bicyclic) bond motifs is 1. The van der Waals surface area contributed by atoms with Crippen LogP contribution in [-0.4, -0.2) is 53.8 Å². The fourth-order valence-corrected chi connectivity index (χ4v) is 3.24. The minimum Gasteiger partial charge on any atom is -0.247 e. The first kappa shape index (κ1) is 22.2. The molecule has 0 aromatic carbocycles. The quantitative estimate of drug-likeness (QED) is 0.481. The monoisotopic (exact) mass is 440 g/mol. The highest BCUT2D eigenvalue weighted by Crippen LogP contribution is 2.75. The van der Waals surface area contributed by atoms with E-state index in [2.05, 4.69) is 0 Å². The van der Waals surface area contributed by atoms with E-state index in [-0.39, 0.29) is 0 Å². The van der Waals surface area contributed by atoms with Gasteiger partial charge in [-0.1, -0.05) is 0 Å². The summed E-state index contributed by atoms with van der Waals surface area (Å²) < 4.78 is 215. The molecule has 0 aliphatic heterocycles. The molecule has 2 fully saturated rings. The van der Waals surface area contributed by atoms with Gasteiger partial charge in [-0.05, 0) is 0 Å². The van der Waals surface area contributed by atoms with Crippen LogP contribution in [0.25, 0.3) is 0 Å². The van der Waals surface area contributed by atoms with E-state index in [4.69, 9.17) is 0 Å². The zero-order chi connectivity index (χ0) is 21.9. The van der Waals surface area contributed by atoms with Crippen LogP contribution in [0.2, 0.25) is 0 Å². The summed E-state index contributed by atoms with van der Waals surface area (Å²) in [5.74, 6) is -62.8. The molecule has 0 bridgehead atoms. The third-order valence-corrected chi connectivity index (χ3v) is 4.76. The minimum atomic E-state index is -7.51. The van der Waals surface area contributed by atoms with Crippen molar-refractivity contribution in [2.24, 2.45) is 11.8 Å². The number of hydrogen-bond acceptors (Lipinski definition) is 0. The van der Waals surface area contributed by atoms with Crippen LogP contribution in [0, 0.1) is 11.8 Å². The summed E-state index contributed by atoms with van der Waals surface area (Å²) in [7, 11) is 0. The number of alkyl halides is 16. The second kappa shape index (κ2) is 4.89. The predicted molar refractivity (Wildman–Crippen MR) is 51.4 cm³/mol. The Hall–Kier alpha value is -1.12. The number of hydrogen-bond donors (Lipinski definition) is 0. The third-order valence-electron chi connectivity index (χ3n) is 4.76. The van der Waals surface area contributed by atoms with Crippen molar-refractivity contribution in [3.8, 4) is 0 Å². The van der Waals surface area contributed by atoms with Gasteiger partial charge in [-0.15, -0.1) is 0 Å². The van der Waals surface area contributed by atoms with Crippen LogP contribution < -0.4 is 0 Å². The average Bonchev–Trinajstić information content (AvgIpc) is 2.47. The van der Waals surface area contributed by atoms with Gasteiger partial charge < -0.3 is 0 Å². The summed E-state index contributed by atoms with van der Waals surface area (Å²) in [6, 6.07) is 0. The molecule has 0 aromatic heterocycles. The van der Waals surface area contributed by atoms with Gasteiger partial charge in [0.2, 0.25) is 5.67 Å². The Kier molecular flexibility index (Phi) is 4.01. The lowest BCUT2D eigenvalue weighted by atomic mass is 9.55. The van der Waals surface area contributed by atoms with E-state index in [9.17, 15) is 70.2 Å². The molecule has 2 rings (SSSR count). The first-order valence-corrected chi connectivity index (χ1v) is 6.44. The van der Waals surface area contributed by atoms with Crippen LogP contribution in [-0.2, 0) is 0 Å². The van der Waals surface area contributed by atoms with E-state index < -0.39 is 65.6 Å². The van der Waals surface area contributed by atoms with E-state index in [0.29, 0.717) is 0 Å². The molecular weight excluding hydrogens is 436 g/mol. The molecule has 0 aromatic rings. The predicted octanol–water partition coefficient (Wildman–Crippen LogP) is 5.37. The highest BCUT2D eigenvalue weighted by atomic mass is 19.4. The van der Waals surface area contributed by atoms with Gasteiger partial charge in [-0.25, -0.2) is 8.78 Å². The maximum absolute atomic E-state index is 14.2. The summed E-state index contributed by atoms with van der Waals surface area (Å²) in [5, 5.41) is 0. The van der Waals surface area contributed by atoms with Gasteiger partial charge >= 0.3 is 41.5 Å². The van der Waals surface area contributed by atoms with E-state index in [1.165, 1.54) is 0 Å². The van der Waals surface area contributed by atoms with Gasteiger partial charge in [-0.3, -0.25) is 0 Å². The Balaban J connectivity index is 3.03. The van der Waals surface area contributed by atoms with Crippen molar-refractivity contribution in [2.45, 2.75) is 47.1 Å². The van der Waals surface area contributed by atoms with Gasteiger partial charge in [0.25, 0.3) is 0 Å². The highest BCUT2D eigenvalue weighted by Gasteiger charge is 3.01. The van der Waals surface area contributed by atoms with Gasteiger partial charge in [-0.2, -0.15) is 61.5 Å². The molecule has 0 nitrogen and oxygen atoms in total. The van der Waals surface area contributed by atoms with E-state index in [1.54, 1.807) is 0 Å². The molecule has 27 heavy (non-hydrogen) atoms. The summed E-state index contributed by atoms with van der Waals surface area (Å²) in [6.45, 7) is -3.86. The second-order valence-electron chi connectivity index (χ2n) is 6.12. The maximum Gasteiger partial charge on any atom is 0.378 e. The molecule has 2 aliphatic rings. The summed E-state index contributed by atoms with van der Waals surface area (Å²) in [6.07, 6.45) is 0. The molecule has 0 N–H and O–H groups in total. The molecule has 3 atom stereocenters. The molecule has 2 aliphatic carbocycles. The lowest BCUT2D eigenvalue weighted by Gasteiger charge is -2.60. The van der Waals surface area contributed by atoms with Crippen molar-refractivity contribution in [1.29, 1.82) is 0 Å². The van der Waals surface area contributed by atoms with Gasteiger partial charge in [0.1, 0.15) is 12.6 Å². The molecule has 0 heterocycles. The van der Waals surface area contributed by atoms with Gasteiger partial charge in [0, 0.05) is 0 Å². The zero-order valence-corrected chi connectivity index (χ0v) is 11.9. The molecule has 0 saturated heterocycles. The van der Waals surface area contributed by atoms with Gasteiger partial charge in [0.05, 0.1) is 5.92 Å². The van der Waals surface area contributed by atoms with E-state index in [0.717, 1.165) is 0 Å². The Morgan fingerprint density at radius 2 is 0.667 bits per heavy atom. The molecular formula is C11H4F16. The van der Waals surface area contributed by atoms with Crippen molar-refractivity contribution in [2.75, 3.05) is 6.67 Å². The summed E-state index contributed by atoms with van der Waals surface area (Å²) in [4.78, 5) is 0. The normalized spacial score (nSPS) is 42.2. The molecule has 16 heteroatoms. The van der Waals surface area contributed by atoms with Crippen LogP contribution in [0.3, 0.4) is 0 Å². The molecule has 0 radical (unpaired) electrons. The zero-order valence-electron chi connectivity index (χ0n) is 11.9. The van der Waals surface area contributed by atoms with Crippen LogP contribution in [0.15, 0.2) is 0 Å². The smallest absolute Gasteiger partial charge is 0.247 e. The SMILES string of the molecule is FCC1(F)C2C(C(F)(F)C(F)(F)C(F)(F)C2(F)F)C(F)(F)C(F)(F)C1(F)F.